The van der Waals surface area contributed by atoms with E-state index in [0.29, 0.717) is 18.2 Å². The van der Waals surface area contributed by atoms with Gasteiger partial charge in [0.1, 0.15) is 0 Å². The van der Waals surface area contributed by atoms with Gasteiger partial charge in [-0.25, -0.2) is 0 Å². The van der Waals surface area contributed by atoms with Crippen LogP contribution in [-0.2, 0) is 4.74 Å². The zero-order valence-corrected chi connectivity index (χ0v) is 10.5. The number of aliphatic hydroxyl groups excluding tert-OH is 1. The van der Waals surface area contributed by atoms with Gasteiger partial charge in [0, 0.05) is 24.6 Å². The van der Waals surface area contributed by atoms with Crippen molar-refractivity contribution >= 4 is 0 Å². The SMILES string of the molecule is CCC(CC)(CO)CNC1CC2CCC1O2. The number of aliphatic hydroxyl groups is 1. The van der Waals surface area contributed by atoms with Crippen LogP contribution in [0.15, 0.2) is 0 Å². The van der Waals surface area contributed by atoms with E-state index >= 15 is 0 Å². The van der Waals surface area contributed by atoms with Crippen LogP contribution in [0.5, 0.6) is 0 Å². The first-order chi connectivity index (χ1) is 7.73. The largest absolute Gasteiger partial charge is 0.396 e. The highest BCUT2D eigenvalue weighted by Gasteiger charge is 2.41. The lowest BCUT2D eigenvalue weighted by Crippen LogP contribution is -2.45. The molecule has 0 aromatic carbocycles. The van der Waals surface area contributed by atoms with Gasteiger partial charge in [0.2, 0.25) is 0 Å². The van der Waals surface area contributed by atoms with E-state index in [1.54, 1.807) is 0 Å². The second-order valence-corrected chi connectivity index (χ2v) is 5.46. The van der Waals surface area contributed by atoms with Crippen LogP contribution in [0.25, 0.3) is 0 Å². The van der Waals surface area contributed by atoms with E-state index in [9.17, 15) is 5.11 Å². The number of rotatable bonds is 6. The molecule has 2 N–H and O–H groups in total. The number of fused-ring (bicyclic) bond motifs is 2. The van der Waals surface area contributed by atoms with E-state index in [-0.39, 0.29) is 12.0 Å². The van der Waals surface area contributed by atoms with Gasteiger partial charge in [-0.15, -0.1) is 0 Å². The normalized spacial score (nSPS) is 33.6. The summed E-state index contributed by atoms with van der Waals surface area (Å²) in [5.74, 6) is 0. The molecule has 0 aliphatic carbocycles. The lowest BCUT2D eigenvalue weighted by Gasteiger charge is -2.32. The monoisotopic (exact) mass is 227 g/mol. The number of hydrogen-bond acceptors (Lipinski definition) is 3. The van der Waals surface area contributed by atoms with Gasteiger partial charge in [0.15, 0.2) is 0 Å². The second kappa shape index (κ2) is 5.03. The summed E-state index contributed by atoms with van der Waals surface area (Å²) in [6.07, 6.45) is 6.65. The average Bonchev–Trinajstić information content (AvgIpc) is 2.93. The van der Waals surface area contributed by atoms with Crippen LogP contribution in [0.1, 0.15) is 46.0 Å². The van der Waals surface area contributed by atoms with Crippen LogP contribution in [0.4, 0.5) is 0 Å². The van der Waals surface area contributed by atoms with Crippen molar-refractivity contribution in [3.8, 4) is 0 Å². The van der Waals surface area contributed by atoms with E-state index < -0.39 is 0 Å². The molecule has 0 spiro atoms. The highest BCUT2D eigenvalue weighted by molar-refractivity contribution is 4.95. The first kappa shape index (κ1) is 12.3. The molecule has 3 nitrogen and oxygen atoms in total. The Morgan fingerprint density at radius 1 is 1.31 bits per heavy atom. The Morgan fingerprint density at radius 2 is 2.06 bits per heavy atom. The lowest BCUT2D eigenvalue weighted by molar-refractivity contribution is 0.0857. The molecule has 3 heteroatoms. The van der Waals surface area contributed by atoms with Crippen molar-refractivity contribution in [2.45, 2.75) is 64.2 Å². The van der Waals surface area contributed by atoms with Crippen molar-refractivity contribution in [2.24, 2.45) is 5.41 Å². The molecule has 0 aromatic heterocycles. The van der Waals surface area contributed by atoms with Crippen LogP contribution in [0.3, 0.4) is 0 Å². The molecule has 3 unspecified atom stereocenters. The standard InChI is InChI=1S/C13H25NO2/c1-3-13(4-2,9-15)8-14-11-7-10-5-6-12(11)16-10/h10-12,14-15H,3-9H2,1-2H3. The minimum absolute atomic E-state index is 0.0713. The predicted molar refractivity (Wildman–Crippen MR) is 64.4 cm³/mol. The van der Waals surface area contributed by atoms with Crippen LogP contribution >= 0.6 is 0 Å². The maximum atomic E-state index is 9.51. The Morgan fingerprint density at radius 3 is 2.50 bits per heavy atom. The minimum atomic E-state index is 0.0713. The molecule has 0 amide bonds. The molecule has 16 heavy (non-hydrogen) atoms. The Hall–Kier alpha value is -0.120. The fourth-order valence-electron chi connectivity index (χ4n) is 2.98. The van der Waals surface area contributed by atoms with Crippen molar-refractivity contribution in [3.63, 3.8) is 0 Å². The summed E-state index contributed by atoms with van der Waals surface area (Å²) in [6.45, 7) is 5.54. The number of ether oxygens (including phenoxy) is 1. The second-order valence-electron chi connectivity index (χ2n) is 5.46. The summed E-state index contributed by atoms with van der Waals surface area (Å²) in [6, 6.07) is 0.530. The highest BCUT2D eigenvalue weighted by atomic mass is 16.5. The van der Waals surface area contributed by atoms with E-state index in [0.717, 1.165) is 19.4 Å². The average molecular weight is 227 g/mol. The van der Waals surface area contributed by atoms with Gasteiger partial charge in [-0.1, -0.05) is 13.8 Å². The summed E-state index contributed by atoms with van der Waals surface area (Å²) >= 11 is 0. The van der Waals surface area contributed by atoms with Crippen molar-refractivity contribution < 1.29 is 9.84 Å². The molecule has 3 atom stereocenters. The molecule has 2 aliphatic heterocycles. The molecule has 2 rings (SSSR count). The first-order valence-corrected chi connectivity index (χ1v) is 6.72. The zero-order chi connectivity index (χ0) is 11.6. The van der Waals surface area contributed by atoms with E-state index in [4.69, 9.17) is 4.74 Å². The minimum Gasteiger partial charge on any atom is -0.396 e. The predicted octanol–water partition coefficient (Wildman–Crippen LogP) is 1.69. The molecule has 2 aliphatic rings. The molecule has 2 heterocycles. The fraction of sp³-hybridized carbons (Fsp3) is 1.00. The van der Waals surface area contributed by atoms with Gasteiger partial charge in [0.25, 0.3) is 0 Å². The Kier molecular flexibility index (Phi) is 3.88. The Bertz CT molecular complexity index is 220. The van der Waals surface area contributed by atoms with Gasteiger partial charge in [-0.05, 0) is 32.1 Å². The third-order valence-corrected chi connectivity index (χ3v) is 4.68. The molecule has 0 aromatic rings. The van der Waals surface area contributed by atoms with Crippen LogP contribution in [-0.4, -0.2) is 36.5 Å². The molecule has 0 saturated carbocycles. The smallest absolute Gasteiger partial charge is 0.0733 e. The van der Waals surface area contributed by atoms with Crippen molar-refractivity contribution in [1.29, 1.82) is 0 Å². The molecular formula is C13H25NO2. The van der Waals surface area contributed by atoms with Crippen molar-refractivity contribution in [2.75, 3.05) is 13.2 Å². The number of hydrogen-bond donors (Lipinski definition) is 2. The summed E-state index contributed by atoms with van der Waals surface area (Å²) in [5.41, 5.74) is 0.0713. The third kappa shape index (κ3) is 2.27. The van der Waals surface area contributed by atoms with Gasteiger partial charge >= 0.3 is 0 Å². The zero-order valence-electron chi connectivity index (χ0n) is 10.5. The molecule has 2 saturated heterocycles. The maximum absolute atomic E-state index is 9.51. The van der Waals surface area contributed by atoms with E-state index in [1.807, 2.05) is 0 Å². The molecule has 2 bridgehead atoms. The first-order valence-electron chi connectivity index (χ1n) is 6.72. The van der Waals surface area contributed by atoms with Crippen molar-refractivity contribution in [1.82, 2.24) is 5.32 Å². The third-order valence-electron chi connectivity index (χ3n) is 4.68. The molecule has 94 valence electrons. The number of nitrogens with one attached hydrogen (secondary N) is 1. The summed E-state index contributed by atoms with van der Waals surface area (Å²) in [5, 5.41) is 13.1. The van der Waals surface area contributed by atoms with Crippen LogP contribution < -0.4 is 5.32 Å². The summed E-state index contributed by atoms with van der Waals surface area (Å²) in [4.78, 5) is 0. The Balaban J connectivity index is 1.82. The summed E-state index contributed by atoms with van der Waals surface area (Å²) < 4.78 is 5.83. The van der Waals surface area contributed by atoms with Crippen LogP contribution in [0.2, 0.25) is 0 Å². The van der Waals surface area contributed by atoms with E-state index in [2.05, 4.69) is 19.2 Å². The molecular weight excluding hydrogens is 202 g/mol. The Labute approximate surface area is 98.6 Å². The van der Waals surface area contributed by atoms with Crippen molar-refractivity contribution in [3.05, 3.63) is 0 Å². The van der Waals surface area contributed by atoms with Gasteiger partial charge in [-0.3, -0.25) is 0 Å². The molecule has 0 radical (unpaired) electrons. The van der Waals surface area contributed by atoms with Gasteiger partial charge in [-0.2, -0.15) is 0 Å². The van der Waals surface area contributed by atoms with Gasteiger partial charge < -0.3 is 15.2 Å². The van der Waals surface area contributed by atoms with E-state index in [1.165, 1.54) is 19.3 Å². The highest BCUT2D eigenvalue weighted by Crippen LogP contribution is 2.35. The maximum Gasteiger partial charge on any atom is 0.0733 e. The van der Waals surface area contributed by atoms with Gasteiger partial charge in [0.05, 0.1) is 12.2 Å². The lowest BCUT2D eigenvalue weighted by atomic mass is 9.82. The molecule has 2 fully saturated rings. The summed E-state index contributed by atoms with van der Waals surface area (Å²) in [7, 11) is 0. The quantitative estimate of drug-likeness (QED) is 0.725. The topological polar surface area (TPSA) is 41.5 Å². The fourth-order valence-corrected chi connectivity index (χ4v) is 2.98. The van der Waals surface area contributed by atoms with Crippen LogP contribution in [0, 0.1) is 5.41 Å².